The zero-order valence-corrected chi connectivity index (χ0v) is 19.6. The van der Waals surface area contributed by atoms with Crippen LogP contribution in [0.15, 0.2) is 41.8 Å². The van der Waals surface area contributed by atoms with Gasteiger partial charge in [0.2, 0.25) is 9.04 Å². The van der Waals surface area contributed by atoms with Crippen LogP contribution in [-0.4, -0.2) is 27.3 Å². The molecule has 7 heteroatoms. The minimum absolute atomic E-state index is 0. The largest absolute Gasteiger partial charge is 0.544 e. The van der Waals surface area contributed by atoms with Crippen molar-refractivity contribution in [2.75, 3.05) is 12.5 Å². The Morgan fingerprint density at radius 3 is 2.36 bits per heavy atom. The van der Waals surface area contributed by atoms with Gasteiger partial charge in [-0.25, -0.2) is 0 Å². The number of anilines is 1. The molecule has 1 aromatic heterocycles. The second kappa shape index (κ2) is 11.1. The van der Waals surface area contributed by atoms with Gasteiger partial charge in [-0.1, -0.05) is 32.9 Å². The summed E-state index contributed by atoms with van der Waals surface area (Å²) in [6.07, 6.45) is 7.02. The Labute approximate surface area is 176 Å². The van der Waals surface area contributed by atoms with Gasteiger partial charge >= 0.3 is 0 Å². The van der Waals surface area contributed by atoms with Crippen molar-refractivity contribution in [2.24, 2.45) is 5.10 Å². The van der Waals surface area contributed by atoms with Gasteiger partial charge in [0, 0.05) is 24.2 Å². The number of halogens is 1. The molecule has 0 amide bonds. The maximum Gasteiger partial charge on any atom is 0.229 e. The number of ether oxygens (including phenoxy) is 1. The van der Waals surface area contributed by atoms with Gasteiger partial charge in [0.1, 0.15) is 5.75 Å². The molecule has 1 aromatic carbocycles. The molecule has 28 heavy (non-hydrogen) atoms. The molecule has 5 nitrogen and oxygen atoms in total. The second-order valence-electron chi connectivity index (χ2n) is 7.75. The van der Waals surface area contributed by atoms with Gasteiger partial charge in [-0.15, -0.1) is 12.4 Å². The molecule has 0 aliphatic rings. The third-order valence-corrected chi connectivity index (χ3v) is 4.77. The Hall–Kier alpha value is -2.05. The molecule has 0 fully saturated rings. The van der Waals surface area contributed by atoms with E-state index in [0.717, 1.165) is 35.6 Å². The van der Waals surface area contributed by atoms with Crippen molar-refractivity contribution in [3.63, 3.8) is 0 Å². The first-order chi connectivity index (χ1) is 12.8. The highest BCUT2D eigenvalue weighted by Gasteiger charge is 2.24. The van der Waals surface area contributed by atoms with Crippen molar-refractivity contribution in [1.82, 2.24) is 4.98 Å². The Balaban J connectivity index is 0.00000392. The van der Waals surface area contributed by atoms with Crippen molar-refractivity contribution >= 4 is 33.3 Å². The molecule has 0 spiro atoms. The van der Waals surface area contributed by atoms with Crippen LogP contribution in [0.25, 0.3) is 0 Å². The van der Waals surface area contributed by atoms with Crippen LogP contribution in [0.4, 0.5) is 5.69 Å². The van der Waals surface area contributed by atoms with Gasteiger partial charge < -0.3 is 9.16 Å². The van der Waals surface area contributed by atoms with E-state index in [1.807, 2.05) is 18.3 Å². The standard InChI is InChI=1S/C21H31N3O2Si.ClH/c1-21(2,3)18-10-9-16(19(20(18)25-4)26-27(5)6)8-7-13-23-24-17-11-14-22-15-12-17;/h9-15,27H,7-8H2,1-6H3,(H,22,24);1H/b23-13+;. The van der Waals surface area contributed by atoms with Gasteiger partial charge in [-0.2, -0.15) is 5.10 Å². The fraction of sp³-hybridized carbons (Fsp3) is 0.429. The summed E-state index contributed by atoms with van der Waals surface area (Å²) in [4.78, 5) is 3.99. The molecule has 1 heterocycles. The number of pyridine rings is 1. The first-order valence-electron chi connectivity index (χ1n) is 9.37. The van der Waals surface area contributed by atoms with Crippen LogP contribution in [0.3, 0.4) is 0 Å². The normalized spacial score (nSPS) is 11.4. The van der Waals surface area contributed by atoms with Gasteiger partial charge in [0.15, 0.2) is 5.75 Å². The maximum absolute atomic E-state index is 6.28. The van der Waals surface area contributed by atoms with Crippen molar-refractivity contribution < 1.29 is 9.16 Å². The molecule has 0 radical (unpaired) electrons. The lowest BCUT2D eigenvalue weighted by Crippen LogP contribution is -2.18. The molecular formula is C21H32ClN3O2Si. The van der Waals surface area contributed by atoms with E-state index in [1.165, 1.54) is 5.56 Å². The average Bonchev–Trinajstić information content (AvgIpc) is 2.61. The molecule has 1 N–H and O–H groups in total. The maximum atomic E-state index is 6.28. The minimum atomic E-state index is -1.26. The Kier molecular flexibility index (Phi) is 9.48. The summed E-state index contributed by atoms with van der Waals surface area (Å²) < 4.78 is 12.1. The van der Waals surface area contributed by atoms with Crippen molar-refractivity contribution in [3.8, 4) is 11.5 Å². The van der Waals surface area contributed by atoms with Crippen LogP contribution >= 0.6 is 12.4 Å². The SMILES string of the molecule is COc1c(C(C)(C)C)ccc(CC/C=N/Nc2ccncc2)c1O[SiH](C)C.Cl. The number of rotatable bonds is 8. The molecule has 2 rings (SSSR count). The molecule has 0 bridgehead atoms. The van der Waals surface area contributed by atoms with Crippen LogP contribution in [0, 0.1) is 0 Å². The number of methoxy groups -OCH3 is 1. The smallest absolute Gasteiger partial charge is 0.229 e. The summed E-state index contributed by atoms with van der Waals surface area (Å²) in [7, 11) is 0.463. The van der Waals surface area contributed by atoms with Crippen LogP contribution in [0.5, 0.6) is 11.5 Å². The highest BCUT2D eigenvalue weighted by atomic mass is 35.5. The zero-order valence-electron chi connectivity index (χ0n) is 17.7. The number of aromatic nitrogens is 1. The van der Waals surface area contributed by atoms with Crippen LogP contribution in [0.1, 0.15) is 38.3 Å². The summed E-state index contributed by atoms with van der Waals surface area (Å²) in [5, 5.41) is 4.28. The molecule has 0 saturated heterocycles. The van der Waals surface area contributed by atoms with E-state index in [1.54, 1.807) is 19.5 Å². The van der Waals surface area contributed by atoms with Crippen LogP contribution in [0.2, 0.25) is 13.1 Å². The van der Waals surface area contributed by atoms with E-state index in [4.69, 9.17) is 9.16 Å². The first-order valence-corrected chi connectivity index (χ1v) is 12.2. The monoisotopic (exact) mass is 421 g/mol. The molecule has 0 saturated carbocycles. The molecule has 154 valence electrons. The van der Waals surface area contributed by atoms with E-state index in [2.05, 4.69) is 61.5 Å². The fourth-order valence-corrected chi connectivity index (χ4v) is 3.52. The van der Waals surface area contributed by atoms with Gasteiger partial charge in [0.05, 0.1) is 12.8 Å². The highest BCUT2D eigenvalue weighted by molar-refractivity contribution is 6.49. The van der Waals surface area contributed by atoms with Crippen molar-refractivity contribution in [1.29, 1.82) is 0 Å². The van der Waals surface area contributed by atoms with Crippen LogP contribution in [-0.2, 0) is 11.8 Å². The third-order valence-electron chi connectivity index (χ3n) is 4.07. The number of nitrogens with zero attached hydrogens (tertiary/aromatic N) is 2. The summed E-state index contributed by atoms with van der Waals surface area (Å²) >= 11 is 0. The summed E-state index contributed by atoms with van der Waals surface area (Å²) in [5.74, 6) is 1.77. The topological polar surface area (TPSA) is 55.7 Å². The fourth-order valence-electron chi connectivity index (χ4n) is 2.79. The van der Waals surface area contributed by atoms with Crippen LogP contribution < -0.4 is 14.6 Å². The van der Waals surface area contributed by atoms with Gasteiger partial charge in [-0.3, -0.25) is 10.4 Å². The van der Waals surface area contributed by atoms with Crippen molar-refractivity contribution in [3.05, 3.63) is 47.8 Å². The van der Waals surface area contributed by atoms with E-state index in [0.29, 0.717) is 0 Å². The molecule has 2 aromatic rings. The minimum Gasteiger partial charge on any atom is -0.544 e. The zero-order chi connectivity index (χ0) is 19.9. The number of hydrogen-bond acceptors (Lipinski definition) is 5. The third kappa shape index (κ3) is 6.84. The van der Waals surface area contributed by atoms with Gasteiger partial charge in [-0.05, 0) is 49.0 Å². The number of nitrogens with one attached hydrogen (secondary N) is 1. The lowest BCUT2D eigenvalue weighted by molar-refractivity contribution is 0.377. The van der Waals surface area contributed by atoms with Crippen molar-refractivity contribution in [2.45, 2.75) is 52.1 Å². The first kappa shape index (κ1) is 24.0. The molecule has 0 unspecified atom stereocenters. The van der Waals surface area contributed by atoms with E-state index >= 15 is 0 Å². The lowest BCUT2D eigenvalue weighted by Gasteiger charge is -2.26. The lowest BCUT2D eigenvalue weighted by atomic mass is 9.85. The molecular weight excluding hydrogens is 390 g/mol. The summed E-state index contributed by atoms with van der Waals surface area (Å²) in [5.41, 5.74) is 6.27. The van der Waals surface area contributed by atoms with E-state index < -0.39 is 9.04 Å². The Bertz CT molecular complexity index is 762. The molecule has 0 aliphatic carbocycles. The predicted octanol–water partition coefficient (Wildman–Crippen LogP) is 5.20. The average molecular weight is 422 g/mol. The van der Waals surface area contributed by atoms with E-state index in [-0.39, 0.29) is 17.8 Å². The van der Waals surface area contributed by atoms with E-state index in [9.17, 15) is 0 Å². The number of hydrazone groups is 1. The van der Waals surface area contributed by atoms with Gasteiger partial charge in [0.25, 0.3) is 0 Å². The quantitative estimate of drug-likeness (QED) is 0.361. The predicted molar refractivity (Wildman–Crippen MR) is 123 cm³/mol. The number of aryl methyl sites for hydroxylation is 1. The number of benzene rings is 1. The Morgan fingerprint density at radius 1 is 1.11 bits per heavy atom. The summed E-state index contributed by atoms with van der Waals surface area (Å²) in [6.45, 7) is 10.9. The highest BCUT2D eigenvalue weighted by Crippen LogP contribution is 2.41. The summed E-state index contributed by atoms with van der Waals surface area (Å²) in [6, 6.07) is 8.09. The molecule has 0 aliphatic heterocycles. The Morgan fingerprint density at radius 2 is 1.79 bits per heavy atom. The number of hydrogen-bond donors (Lipinski definition) is 1. The second-order valence-corrected chi connectivity index (χ2v) is 10.1. The molecule has 0 atom stereocenters.